The summed E-state index contributed by atoms with van der Waals surface area (Å²) < 4.78 is 10.3. The van der Waals surface area contributed by atoms with E-state index in [0.29, 0.717) is 12.0 Å². The summed E-state index contributed by atoms with van der Waals surface area (Å²) in [7, 11) is 1.27. The van der Waals surface area contributed by atoms with Crippen LogP contribution in [-0.2, 0) is 20.7 Å². The van der Waals surface area contributed by atoms with Gasteiger partial charge in [-0.2, -0.15) is 0 Å². The van der Waals surface area contributed by atoms with Crippen LogP contribution in [0.2, 0.25) is 0 Å². The standard InChI is InChI=1S/C11H9BrO4/c1-15-11(14)9-5-7-6(10(13)16-9)3-2-4-8(7)12/h2-4,9H,5H2,1H3. The second kappa shape index (κ2) is 4.25. The number of hydrogen-bond donors (Lipinski definition) is 0. The number of ether oxygens (including phenoxy) is 2. The minimum absolute atomic E-state index is 0.342. The topological polar surface area (TPSA) is 52.6 Å². The Morgan fingerprint density at radius 3 is 3.00 bits per heavy atom. The molecule has 1 heterocycles. The van der Waals surface area contributed by atoms with Gasteiger partial charge in [0, 0.05) is 10.9 Å². The molecule has 0 saturated carbocycles. The molecule has 0 fully saturated rings. The summed E-state index contributed by atoms with van der Waals surface area (Å²) in [6.07, 6.45) is -0.501. The minimum atomic E-state index is -0.844. The van der Waals surface area contributed by atoms with Crippen molar-refractivity contribution in [3.8, 4) is 0 Å². The highest BCUT2D eigenvalue weighted by Crippen LogP contribution is 2.27. The molecule has 0 spiro atoms. The maximum absolute atomic E-state index is 11.6. The predicted molar refractivity (Wildman–Crippen MR) is 59.1 cm³/mol. The van der Waals surface area contributed by atoms with Crippen molar-refractivity contribution >= 4 is 27.9 Å². The molecule has 0 bridgehead atoms. The smallest absolute Gasteiger partial charge is 0.347 e. The largest absolute Gasteiger partial charge is 0.466 e. The molecule has 5 heteroatoms. The van der Waals surface area contributed by atoms with Crippen molar-refractivity contribution in [3.63, 3.8) is 0 Å². The number of carbonyl (C=O) groups is 2. The summed E-state index contributed by atoms with van der Waals surface area (Å²) in [6, 6.07) is 5.25. The van der Waals surface area contributed by atoms with E-state index in [2.05, 4.69) is 20.7 Å². The van der Waals surface area contributed by atoms with E-state index in [1.807, 2.05) is 6.07 Å². The van der Waals surface area contributed by atoms with Crippen molar-refractivity contribution in [2.45, 2.75) is 12.5 Å². The van der Waals surface area contributed by atoms with E-state index < -0.39 is 18.0 Å². The summed E-state index contributed by atoms with van der Waals surface area (Å²) in [4.78, 5) is 22.9. The van der Waals surface area contributed by atoms with E-state index in [4.69, 9.17) is 4.74 Å². The van der Waals surface area contributed by atoms with E-state index in [0.717, 1.165) is 10.0 Å². The monoisotopic (exact) mass is 284 g/mol. The van der Waals surface area contributed by atoms with Crippen LogP contribution in [0.15, 0.2) is 22.7 Å². The molecular weight excluding hydrogens is 276 g/mol. The number of methoxy groups -OCH3 is 1. The van der Waals surface area contributed by atoms with Crippen molar-refractivity contribution in [2.24, 2.45) is 0 Å². The third-order valence-corrected chi connectivity index (χ3v) is 3.18. The number of fused-ring (bicyclic) bond motifs is 1. The fourth-order valence-corrected chi connectivity index (χ4v) is 2.17. The minimum Gasteiger partial charge on any atom is -0.466 e. The average molecular weight is 285 g/mol. The van der Waals surface area contributed by atoms with Gasteiger partial charge in [0.15, 0.2) is 0 Å². The first-order valence-corrected chi connectivity index (χ1v) is 5.49. The summed E-state index contributed by atoms with van der Waals surface area (Å²) in [5.41, 5.74) is 1.28. The number of hydrogen-bond acceptors (Lipinski definition) is 4. The lowest BCUT2D eigenvalue weighted by Gasteiger charge is -2.23. The van der Waals surface area contributed by atoms with E-state index in [-0.39, 0.29) is 0 Å². The van der Waals surface area contributed by atoms with Crippen LogP contribution >= 0.6 is 15.9 Å². The van der Waals surface area contributed by atoms with Crippen LogP contribution in [0, 0.1) is 0 Å². The molecule has 0 radical (unpaired) electrons. The van der Waals surface area contributed by atoms with Gasteiger partial charge in [-0.15, -0.1) is 0 Å². The van der Waals surface area contributed by atoms with Gasteiger partial charge < -0.3 is 9.47 Å². The molecule has 0 saturated heterocycles. The summed E-state index contributed by atoms with van der Waals surface area (Å²) in [5, 5.41) is 0. The number of rotatable bonds is 1. The molecule has 0 amide bonds. The highest BCUT2D eigenvalue weighted by Gasteiger charge is 2.32. The van der Waals surface area contributed by atoms with Crippen LogP contribution < -0.4 is 0 Å². The lowest BCUT2D eigenvalue weighted by atomic mass is 9.99. The molecule has 4 nitrogen and oxygen atoms in total. The Balaban J connectivity index is 2.39. The second-order valence-electron chi connectivity index (χ2n) is 3.39. The first kappa shape index (κ1) is 11.1. The fourth-order valence-electron chi connectivity index (χ4n) is 1.64. The van der Waals surface area contributed by atoms with Gasteiger partial charge in [0.25, 0.3) is 0 Å². The van der Waals surface area contributed by atoms with Crippen molar-refractivity contribution in [3.05, 3.63) is 33.8 Å². The average Bonchev–Trinajstić information content (AvgIpc) is 2.29. The maximum Gasteiger partial charge on any atom is 0.347 e. The molecule has 84 valence electrons. The van der Waals surface area contributed by atoms with Crippen molar-refractivity contribution < 1.29 is 19.1 Å². The van der Waals surface area contributed by atoms with Gasteiger partial charge in [0.05, 0.1) is 12.7 Å². The number of esters is 2. The molecule has 1 unspecified atom stereocenters. The van der Waals surface area contributed by atoms with E-state index >= 15 is 0 Å². The predicted octanol–water partition coefficient (Wildman–Crippen LogP) is 1.70. The van der Waals surface area contributed by atoms with Gasteiger partial charge in [-0.1, -0.05) is 22.0 Å². The quantitative estimate of drug-likeness (QED) is 0.737. The Labute approximate surface area is 101 Å². The Bertz CT molecular complexity index is 455. The van der Waals surface area contributed by atoms with E-state index in [9.17, 15) is 9.59 Å². The number of cyclic esters (lactones) is 1. The molecule has 0 aliphatic carbocycles. The van der Waals surface area contributed by atoms with Crippen LogP contribution in [0.5, 0.6) is 0 Å². The van der Waals surface area contributed by atoms with E-state index in [1.165, 1.54) is 7.11 Å². The van der Waals surface area contributed by atoms with Crippen molar-refractivity contribution in [1.29, 1.82) is 0 Å². The van der Waals surface area contributed by atoms with Crippen LogP contribution in [0.3, 0.4) is 0 Å². The summed E-state index contributed by atoms with van der Waals surface area (Å²) in [5.74, 6) is -1.02. The van der Waals surface area contributed by atoms with Gasteiger partial charge in [0.2, 0.25) is 6.10 Å². The molecule has 0 N–H and O–H groups in total. The van der Waals surface area contributed by atoms with Crippen LogP contribution in [0.4, 0.5) is 0 Å². The van der Waals surface area contributed by atoms with E-state index in [1.54, 1.807) is 12.1 Å². The summed E-state index contributed by atoms with van der Waals surface area (Å²) >= 11 is 3.35. The summed E-state index contributed by atoms with van der Waals surface area (Å²) in [6.45, 7) is 0. The number of carbonyl (C=O) groups excluding carboxylic acids is 2. The molecule has 1 aliphatic heterocycles. The lowest BCUT2D eigenvalue weighted by Crippen LogP contribution is -2.35. The molecule has 0 aromatic heterocycles. The van der Waals surface area contributed by atoms with Crippen molar-refractivity contribution in [1.82, 2.24) is 0 Å². The first-order chi connectivity index (χ1) is 7.63. The Morgan fingerprint density at radius 2 is 2.31 bits per heavy atom. The maximum atomic E-state index is 11.6. The van der Waals surface area contributed by atoms with Gasteiger partial charge >= 0.3 is 11.9 Å². The third-order valence-electron chi connectivity index (χ3n) is 2.44. The van der Waals surface area contributed by atoms with Crippen LogP contribution in [0.1, 0.15) is 15.9 Å². The Kier molecular flexibility index (Phi) is 2.96. The number of halogens is 1. The third kappa shape index (κ3) is 1.82. The van der Waals surface area contributed by atoms with Crippen molar-refractivity contribution in [2.75, 3.05) is 7.11 Å². The SMILES string of the molecule is COC(=O)C1Cc2c(Br)cccc2C(=O)O1. The molecule has 1 aromatic carbocycles. The fraction of sp³-hybridized carbons (Fsp3) is 0.273. The zero-order valence-corrected chi connectivity index (χ0v) is 10.1. The lowest BCUT2D eigenvalue weighted by molar-refractivity contribution is -0.151. The van der Waals surface area contributed by atoms with Gasteiger partial charge in [-0.05, 0) is 17.7 Å². The molecule has 2 rings (SSSR count). The Morgan fingerprint density at radius 1 is 1.56 bits per heavy atom. The zero-order valence-electron chi connectivity index (χ0n) is 8.53. The number of benzene rings is 1. The first-order valence-electron chi connectivity index (χ1n) is 4.69. The van der Waals surface area contributed by atoms with Crippen LogP contribution in [-0.4, -0.2) is 25.2 Å². The highest BCUT2D eigenvalue weighted by atomic mass is 79.9. The molecule has 1 aliphatic rings. The zero-order chi connectivity index (χ0) is 11.7. The molecule has 1 aromatic rings. The normalized spacial score (nSPS) is 18.6. The molecule has 16 heavy (non-hydrogen) atoms. The second-order valence-corrected chi connectivity index (χ2v) is 4.24. The van der Waals surface area contributed by atoms with Gasteiger partial charge in [-0.3, -0.25) is 0 Å². The van der Waals surface area contributed by atoms with Gasteiger partial charge in [0.1, 0.15) is 0 Å². The molecular formula is C11H9BrO4. The van der Waals surface area contributed by atoms with Crippen LogP contribution in [0.25, 0.3) is 0 Å². The van der Waals surface area contributed by atoms with Gasteiger partial charge in [-0.25, -0.2) is 9.59 Å². The highest BCUT2D eigenvalue weighted by molar-refractivity contribution is 9.10. The molecule has 1 atom stereocenters. The Hall–Kier alpha value is -1.36.